The summed E-state index contributed by atoms with van der Waals surface area (Å²) in [5.74, 6) is 5.53. The molecule has 0 aliphatic heterocycles. The molecule has 0 saturated heterocycles. The lowest BCUT2D eigenvalue weighted by atomic mass is 9.47. The maximum absolute atomic E-state index is 5.58. The standard InChI is InChI=1S/C25H38O/c1-6-7-17(2)21-10-11-22-20-9-8-18-16-19(26-5)12-14-24(18,3)23(20)13-15-25(21,22)4/h6-8,16-17,20-23H,9-15H2,1-5H3/b7-6+/t17-,20?,21?,22?,23?,24-,25+/m0/s1. The molecule has 0 aromatic heterocycles. The van der Waals surface area contributed by atoms with Gasteiger partial charge in [-0.2, -0.15) is 0 Å². The molecule has 26 heavy (non-hydrogen) atoms. The quantitative estimate of drug-likeness (QED) is 0.500. The molecule has 0 aromatic rings. The number of ether oxygens (including phenoxy) is 1. The maximum atomic E-state index is 5.58. The Bertz CT molecular complexity index is 641. The van der Waals surface area contributed by atoms with Gasteiger partial charge < -0.3 is 4.74 Å². The fraction of sp³-hybridized carbons (Fsp3) is 0.760. The van der Waals surface area contributed by atoms with E-state index in [1.165, 1.54) is 44.3 Å². The van der Waals surface area contributed by atoms with Crippen LogP contribution in [-0.4, -0.2) is 7.11 Å². The fourth-order valence-electron chi connectivity index (χ4n) is 7.80. The smallest absolute Gasteiger partial charge is 0.0958 e. The van der Waals surface area contributed by atoms with Crippen LogP contribution in [0, 0.1) is 40.4 Å². The van der Waals surface area contributed by atoms with Crippen LogP contribution in [0.1, 0.15) is 72.6 Å². The van der Waals surface area contributed by atoms with Gasteiger partial charge in [0.25, 0.3) is 0 Å². The summed E-state index contributed by atoms with van der Waals surface area (Å²) in [6, 6.07) is 0. The lowest BCUT2D eigenvalue weighted by molar-refractivity contribution is -0.0425. The van der Waals surface area contributed by atoms with Crippen molar-refractivity contribution < 1.29 is 4.74 Å². The van der Waals surface area contributed by atoms with Gasteiger partial charge in [-0.05, 0) is 97.5 Å². The molecule has 1 heteroatoms. The zero-order chi connectivity index (χ0) is 18.5. The Labute approximate surface area is 161 Å². The molecule has 4 aliphatic carbocycles. The van der Waals surface area contributed by atoms with Crippen LogP contribution >= 0.6 is 0 Å². The van der Waals surface area contributed by atoms with Crippen molar-refractivity contribution in [1.82, 2.24) is 0 Å². The predicted octanol–water partition coefficient (Wildman–Crippen LogP) is 6.92. The summed E-state index contributed by atoms with van der Waals surface area (Å²) < 4.78 is 5.58. The molecule has 144 valence electrons. The van der Waals surface area contributed by atoms with E-state index in [4.69, 9.17) is 4.74 Å². The van der Waals surface area contributed by atoms with E-state index in [0.717, 1.165) is 36.0 Å². The summed E-state index contributed by atoms with van der Waals surface area (Å²) in [6.45, 7) is 9.86. The van der Waals surface area contributed by atoms with Crippen molar-refractivity contribution in [3.8, 4) is 0 Å². The van der Waals surface area contributed by atoms with Crippen molar-refractivity contribution in [3.05, 3.63) is 35.6 Å². The van der Waals surface area contributed by atoms with Crippen LogP contribution in [0.15, 0.2) is 35.6 Å². The molecule has 4 aliphatic rings. The van der Waals surface area contributed by atoms with Crippen molar-refractivity contribution in [2.75, 3.05) is 7.11 Å². The van der Waals surface area contributed by atoms with E-state index in [0.29, 0.717) is 10.8 Å². The Hall–Kier alpha value is -0.980. The third-order valence-corrected chi connectivity index (χ3v) is 9.20. The number of fused-ring (bicyclic) bond motifs is 5. The summed E-state index contributed by atoms with van der Waals surface area (Å²) in [6.07, 6.45) is 19.2. The maximum Gasteiger partial charge on any atom is 0.0958 e. The van der Waals surface area contributed by atoms with Gasteiger partial charge in [0.2, 0.25) is 0 Å². The minimum atomic E-state index is 0.388. The van der Waals surface area contributed by atoms with Gasteiger partial charge in [0.05, 0.1) is 12.9 Å². The molecule has 2 saturated carbocycles. The van der Waals surface area contributed by atoms with E-state index in [2.05, 4.69) is 52.0 Å². The molecule has 0 radical (unpaired) electrons. The van der Waals surface area contributed by atoms with Gasteiger partial charge >= 0.3 is 0 Å². The summed E-state index contributed by atoms with van der Waals surface area (Å²) in [4.78, 5) is 0. The Kier molecular flexibility index (Phi) is 4.65. The first-order valence-corrected chi connectivity index (χ1v) is 11.0. The molecule has 0 N–H and O–H groups in total. The molecular weight excluding hydrogens is 316 g/mol. The highest BCUT2D eigenvalue weighted by Crippen LogP contribution is 2.66. The summed E-state index contributed by atoms with van der Waals surface area (Å²) in [7, 11) is 1.83. The van der Waals surface area contributed by atoms with Crippen LogP contribution in [0.5, 0.6) is 0 Å². The van der Waals surface area contributed by atoms with E-state index < -0.39 is 0 Å². The highest BCUT2D eigenvalue weighted by Gasteiger charge is 2.58. The van der Waals surface area contributed by atoms with Crippen molar-refractivity contribution in [3.63, 3.8) is 0 Å². The SMILES string of the molecule is C/C=C/[C@H](C)C1CCC2C3CC=C4C=C(OC)CC[C@]4(C)C3CC[C@@]21C. The average Bonchev–Trinajstić information content (AvgIpc) is 2.98. The zero-order valence-corrected chi connectivity index (χ0v) is 17.6. The fourth-order valence-corrected chi connectivity index (χ4v) is 7.80. The van der Waals surface area contributed by atoms with E-state index in [-0.39, 0.29) is 0 Å². The lowest BCUT2D eigenvalue weighted by Crippen LogP contribution is -2.49. The van der Waals surface area contributed by atoms with Gasteiger partial charge in [0.15, 0.2) is 0 Å². The molecule has 0 heterocycles. The van der Waals surface area contributed by atoms with Crippen LogP contribution in [-0.2, 0) is 4.74 Å². The van der Waals surface area contributed by atoms with Gasteiger partial charge in [-0.15, -0.1) is 0 Å². The molecule has 0 amide bonds. The second-order valence-corrected chi connectivity index (χ2v) is 10.1. The average molecular weight is 355 g/mol. The van der Waals surface area contributed by atoms with Crippen molar-refractivity contribution in [2.45, 2.75) is 72.6 Å². The van der Waals surface area contributed by atoms with Gasteiger partial charge in [-0.25, -0.2) is 0 Å². The highest BCUT2D eigenvalue weighted by molar-refractivity contribution is 5.35. The molecular formula is C25H38O. The van der Waals surface area contributed by atoms with Crippen molar-refractivity contribution in [2.24, 2.45) is 40.4 Å². The van der Waals surface area contributed by atoms with E-state index in [9.17, 15) is 0 Å². The Morgan fingerprint density at radius 1 is 1.15 bits per heavy atom. The van der Waals surface area contributed by atoms with Gasteiger partial charge in [-0.3, -0.25) is 0 Å². The van der Waals surface area contributed by atoms with E-state index >= 15 is 0 Å². The molecule has 4 unspecified atom stereocenters. The number of allylic oxidation sites excluding steroid dienone is 6. The van der Waals surface area contributed by atoms with Crippen molar-refractivity contribution in [1.29, 1.82) is 0 Å². The van der Waals surface area contributed by atoms with Crippen LogP contribution in [0.25, 0.3) is 0 Å². The monoisotopic (exact) mass is 354 g/mol. The third-order valence-electron chi connectivity index (χ3n) is 9.20. The van der Waals surface area contributed by atoms with Gasteiger partial charge in [0.1, 0.15) is 0 Å². The van der Waals surface area contributed by atoms with E-state index in [1.54, 1.807) is 5.57 Å². The van der Waals surface area contributed by atoms with Crippen LogP contribution in [0.3, 0.4) is 0 Å². The van der Waals surface area contributed by atoms with E-state index in [1.807, 2.05) is 7.11 Å². The number of rotatable bonds is 3. The largest absolute Gasteiger partial charge is 0.501 e. The predicted molar refractivity (Wildman–Crippen MR) is 110 cm³/mol. The summed E-state index contributed by atoms with van der Waals surface area (Å²) >= 11 is 0. The molecule has 4 rings (SSSR count). The van der Waals surface area contributed by atoms with Gasteiger partial charge in [-0.1, -0.05) is 39.0 Å². The third kappa shape index (κ3) is 2.56. The number of hydrogen-bond donors (Lipinski definition) is 0. The normalized spacial score (nSPS) is 46.0. The Morgan fingerprint density at radius 3 is 2.69 bits per heavy atom. The number of methoxy groups -OCH3 is 1. The minimum Gasteiger partial charge on any atom is -0.501 e. The van der Waals surface area contributed by atoms with Gasteiger partial charge in [0, 0.05) is 6.42 Å². The zero-order valence-electron chi connectivity index (χ0n) is 17.6. The second kappa shape index (κ2) is 6.57. The molecule has 1 nitrogen and oxygen atoms in total. The van der Waals surface area contributed by atoms with Crippen molar-refractivity contribution >= 4 is 0 Å². The highest BCUT2D eigenvalue weighted by atomic mass is 16.5. The first-order chi connectivity index (χ1) is 12.4. The Morgan fingerprint density at radius 2 is 1.96 bits per heavy atom. The molecule has 7 atom stereocenters. The molecule has 0 aromatic carbocycles. The molecule has 0 spiro atoms. The van der Waals surface area contributed by atoms with Crippen LogP contribution in [0.2, 0.25) is 0 Å². The first kappa shape index (κ1) is 18.4. The first-order valence-electron chi connectivity index (χ1n) is 11.0. The van der Waals surface area contributed by atoms with Crippen LogP contribution in [0.4, 0.5) is 0 Å². The molecule has 2 fully saturated rings. The molecule has 0 bridgehead atoms. The Balaban J connectivity index is 1.63. The summed E-state index contributed by atoms with van der Waals surface area (Å²) in [5, 5.41) is 0. The van der Waals surface area contributed by atoms with Crippen LogP contribution < -0.4 is 0 Å². The second-order valence-electron chi connectivity index (χ2n) is 10.1. The minimum absolute atomic E-state index is 0.388. The summed E-state index contributed by atoms with van der Waals surface area (Å²) in [5.41, 5.74) is 2.53. The topological polar surface area (TPSA) is 9.23 Å². The number of hydrogen-bond acceptors (Lipinski definition) is 1. The lowest BCUT2D eigenvalue weighted by Gasteiger charge is -2.57.